The van der Waals surface area contributed by atoms with E-state index in [1.165, 1.54) is 0 Å². The molecule has 0 aliphatic carbocycles. The van der Waals surface area contributed by atoms with Gasteiger partial charge in [-0.1, -0.05) is 32.4 Å². The van der Waals surface area contributed by atoms with Crippen molar-refractivity contribution in [2.24, 2.45) is 0 Å². The molecule has 1 N–H and O–H groups in total. The molecule has 1 rings (SSSR count). The van der Waals surface area contributed by atoms with E-state index in [0.29, 0.717) is 23.9 Å². The van der Waals surface area contributed by atoms with Crippen LogP contribution in [-0.4, -0.2) is 52.1 Å². The summed E-state index contributed by atoms with van der Waals surface area (Å²) in [6, 6.07) is 0. The fourth-order valence-electron chi connectivity index (χ4n) is 2.83. The molecule has 0 fully saturated rings. The summed E-state index contributed by atoms with van der Waals surface area (Å²) in [7, 11) is 1.65. The van der Waals surface area contributed by atoms with Crippen LogP contribution < -0.4 is 0 Å². The Hall–Kier alpha value is -0.620. The lowest BCUT2D eigenvalue weighted by Crippen LogP contribution is -2.50. The van der Waals surface area contributed by atoms with Crippen LogP contribution in [0.2, 0.25) is 5.02 Å². The maximum atomic E-state index is 11.0. The van der Waals surface area contributed by atoms with Crippen molar-refractivity contribution in [2.75, 3.05) is 26.8 Å². The molecule has 122 valence electrons. The van der Waals surface area contributed by atoms with Gasteiger partial charge in [-0.3, -0.25) is 9.58 Å². The Balaban J connectivity index is 3.15. The average Bonchev–Trinajstić information content (AvgIpc) is 2.85. The number of methoxy groups -OCH3 is 1. The standard InChI is InChI=1S/C15H28ClN3O2/c1-6-15(4,18(7-2)8-3)14(20)13-12(16)11-17-19(13)9-10-21-5/h11,14,20H,6-10H2,1-5H3. The molecule has 6 heteroatoms. The van der Waals surface area contributed by atoms with Crippen molar-refractivity contribution in [3.05, 3.63) is 16.9 Å². The maximum absolute atomic E-state index is 11.0. The Labute approximate surface area is 132 Å². The summed E-state index contributed by atoms with van der Waals surface area (Å²) in [5.74, 6) is 0. The molecule has 1 aromatic heterocycles. The van der Waals surface area contributed by atoms with Gasteiger partial charge in [-0.05, 0) is 26.4 Å². The number of aromatic nitrogens is 2. The van der Waals surface area contributed by atoms with Crippen LogP contribution in [0.15, 0.2) is 6.20 Å². The predicted octanol–water partition coefficient (Wildman–Crippen LogP) is 2.73. The van der Waals surface area contributed by atoms with Crippen molar-refractivity contribution in [1.29, 1.82) is 0 Å². The minimum Gasteiger partial charge on any atom is -0.385 e. The summed E-state index contributed by atoms with van der Waals surface area (Å²) in [6.07, 6.45) is 1.71. The normalized spacial score (nSPS) is 16.2. The number of rotatable bonds is 9. The first-order valence-corrected chi connectivity index (χ1v) is 7.97. The number of hydrogen-bond acceptors (Lipinski definition) is 4. The Kier molecular flexibility index (Phi) is 7.13. The van der Waals surface area contributed by atoms with Crippen LogP contribution in [0.5, 0.6) is 0 Å². The summed E-state index contributed by atoms with van der Waals surface area (Å²) in [5, 5.41) is 15.8. The fourth-order valence-corrected chi connectivity index (χ4v) is 3.07. The molecule has 0 amide bonds. The van der Waals surface area contributed by atoms with Gasteiger partial charge in [0.25, 0.3) is 0 Å². The van der Waals surface area contributed by atoms with Gasteiger partial charge in [-0.15, -0.1) is 0 Å². The van der Waals surface area contributed by atoms with Crippen LogP contribution >= 0.6 is 11.6 Å². The molecule has 2 unspecified atom stereocenters. The molecule has 0 bridgehead atoms. The van der Waals surface area contributed by atoms with E-state index < -0.39 is 6.10 Å². The van der Waals surface area contributed by atoms with Gasteiger partial charge >= 0.3 is 0 Å². The highest BCUT2D eigenvalue weighted by molar-refractivity contribution is 6.31. The summed E-state index contributed by atoms with van der Waals surface area (Å²) in [5.41, 5.74) is 0.294. The van der Waals surface area contributed by atoms with Crippen LogP contribution in [-0.2, 0) is 11.3 Å². The molecule has 0 spiro atoms. The van der Waals surface area contributed by atoms with Crippen molar-refractivity contribution in [1.82, 2.24) is 14.7 Å². The van der Waals surface area contributed by atoms with Gasteiger partial charge < -0.3 is 9.84 Å². The molecule has 2 atom stereocenters. The second kappa shape index (κ2) is 8.13. The number of ether oxygens (including phenoxy) is 1. The van der Waals surface area contributed by atoms with Crippen LogP contribution in [0.25, 0.3) is 0 Å². The first kappa shape index (κ1) is 18.4. The zero-order valence-corrected chi connectivity index (χ0v) is 14.5. The van der Waals surface area contributed by atoms with E-state index in [4.69, 9.17) is 16.3 Å². The Morgan fingerprint density at radius 1 is 1.43 bits per heavy atom. The topological polar surface area (TPSA) is 50.5 Å². The van der Waals surface area contributed by atoms with Gasteiger partial charge in [0.15, 0.2) is 0 Å². The number of aliphatic hydroxyl groups excluding tert-OH is 1. The SMILES string of the molecule is CCN(CC)C(C)(CC)C(O)c1c(Cl)cnn1CCOC. The molecule has 1 heterocycles. The quantitative estimate of drug-likeness (QED) is 0.761. The molecule has 0 aliphatic heterocycles. The van der Waals surface area contributed by atoms with E-state index in [1.807, 2.05) is 0 Å². The predicted molar refractivity (Wildman–Crippen MR) is 85.7 cm³/mol. The van der Waals surface area contributed by atoms with Crippen molar-refractivity contribution < 1.29 is 9.84 Å². The first-order valence-electron chi connectivity index (χ1n) is 7.59. The summed E-state index contributed by atoms with van der Waals surface area (Å²) >= 11 is 6.27. The van der Waals surface area contributed by atoms with Crippen LogP contribution in [0.1, 0.15) is 45.9 Å². The van der Waals surface area contributed by atoms with E-state index in [0.717, 1.165) is 19.5 Å². The van der Waals surface area contributed by atoms with E-state index in [2.05, 4.69) is 37.7 Å². The lowest BCUT2D eigenvalue weighted by atomic mass is 9.87. The smallest absolute Gasteiger partial charge is 0.115 e. The molecule has 1 aromatic rings. The molecular formula is C15H28ClN3O2. The molecule has 0 radical (unpaired) electrons. The minimum atomic E-state index is -0.700. The highest BCUT2D eigenvalue weighted by Crippen LogP contribution is 2.37. The molecule has 5 nitrogen and oxygen atoms in total. The summed E-state index contributed by atoms with van der Waals surface area (Å²) < 4.78 is 6.84. The third-order valence-electron chi connectivity index (χ3n) is 4.39. The number of likely N-dealkylation sites (N-methyl/N-ethyl adjacent to an activating group) is 1. The largest absolute Gasteiger partial charge is 0.385 e. The molecule has 0 aromatic carbocycles. The number of halogens is 1. The van der Waals surface area contributed by atoms with Gasteiger partial charge in [-0.25, -0.2) is 0 Å². The summed E-state index contributed by atoms with van der Waals surface area (Å²) in [6.45, 7) is 11.2. The Morgan fingerprint density at radius 2 is 2.05 bits per heavy atom. The van der Waals surface area contributed by atoms with Crippen LogP contribution in [0.3, 0.4) is 0 Å². The highest BCUT2D eigenvalue weighted by atomic mass is 35.5. The van der Waals surface area contributed by atoms with Crippen molar-refractivity contribution in [3.63, 3.8) is 0 Å². The van der Waals surface area contributed by atoms with Gasteiger partial charge in [0.05, 0.1) is 30.1 Å². The lowest BCUT2D eigenvalue weighted by Gasteiger charge is -2.43. The van der Waals surface area contributed by atoms with E-state index in [9.17, 15) is 5.11 Å². The van der Waals surface area contributed by atoms with E-state index in [1.54, 1.807) is 18.0 Å². The van der Waals surface area contributed by atoms with E-state index >= 15 is 0 Å². The average molecular weight is 318 g/mol. The maximum Gasteiger partial charge on any atom is 0.115 e. The molecule has 0 aliphatic rings. The number of nitrogens with zero attached hydrogens (tertiary/aromatic N) is 3. The Morgan fingerprint density at radius 3 is 2.52 bits per heavy atom. The third-order valence-corrected chi connectivity index (χ3v) is 4.68. The van der Waals surface area contributed by atoms with Crippen molar-refractivity contribution in [3.8, 4) is 0 Å². The number of hydrogen-bond donors (Lipinski definition) is 1. The van der Waals surface area contributed by atoms with E-state index in [-0.39, 0.29) is 5.54 Å². The van der Waals surface area contributed by atoms with Crippen molar-refractivity contribution >= 4 is 11.6 Å². The zero-order valence-electron chi connectivity index (χ0n) is 13.8. The minimum absolute atomic E-state index is 0.377. The summed E-state index contributed by atoms with van der Waals surface area (Å²) in [4.78, 5) is 2.27. The molecule has 0 saturated carbocycles. The van der Waals surface area contributed by atoms with Gasteiger partial charge in [0.1, 0.15) is 6.10 Å². The molecular weight excluding hydrogens is 290 g/mol. The third kappa shape index (κ3) is 3.77. The lowest BCUT2D eigenvalue weighted by molar-refractivity contribution is -0.0262. The zero-order chi connectivity index (χ0) is 16.0. The first-order chi connectivity index (χ1) is 9.96. The molecule has 21 heavy (non-hydrogen) atoms. The second-order valence-electron chi connectivity index (χ2n) is 5.38. The van der Waals surface area contributed by atoms with Gasteiger partial charge in [0.2, 0.25) is 0 Å². The van der Waals surface area contributed by atoms with Crippen LogP contribution in [0.4, 0.5) is 0 Å². The van der Waals surface area contributed by atoms with Gasteiger partial charge in [-0.2, -0.15) is 5.10 Å². The van der Waals surface area contributed by atoms with Gasteiger partial charge in [0, 0.05) is 12.6 Å². The van der Waals surface area contributed by atoms with Crippen LogP contribution in [0, 0.1) is 0 Å². The second-order valence-corrected chi connectivity index (χ2v) is 5.79. The van der Waals surface area contributed by atoms with Crippen molar-refractivity contribution in [2.45, 2.75) is 52.3 Å². The highest BCUT2D eigenvalue weighted by Gasteiger charge is 2.39. The Bertz CT molecular complexity index is 435. The fraction of sp³-hybridized carbons (Fsp3) is 0.800. The monoisotopic (exact) mass is 317 g/mol. The number of aliphatic hydroxyl groups is 1. The molecule has 0 saturated heterocycles.